The molecule has 0 heterocycles. The molecule has 0 aliphatic heterocycles. The Hall–Kier alpha value is -4.20. The van der Waals surface area contributed by atoms with Gasteiger partial charge in [-0.15, -0.1) is 0 Å². The number of nitrogens with one attached hydrogen (secondary N) is 2. The van der Waals surface area contributed by atoms with Crippen molar-refractivity contribution >= 4 is 78.0 Å². The molecule has 0 unspecified atom stereocenters. The Morgan fingerprint density at radius 2 is 0.896 bits per heavy atom. The quantitative estimate of drug-likeness (QED) is 0.0965. The van der Waals surface area contributed by atoms with Gasteiger partial charge in [-0.05, 0) is 0 Å². The van der Waals surface area contributed by atoms with Crippen LogP contribution < -0.4 is 18.4 Å². The first-order chi connectivity index (χ1) is 22.2. The molecule has 0 saturated carbocycles. The fourth-order valence-corrected chi connectivity index (χ4v) is 13.5. The maximum absolute atomic E-state index is 13.6. The maximum atomic E-state index is 13.6. The van der Waals surface area contributed by atoms with Crippen LogP contribution in [0.3, 0.4) is 0 Å². The first-order valence-corrected chi connectivity index (χ1v) is 21.5. The van der Waals surface area contributed by atoms with Gasteiger partial charge in [0, 0.05) is 0 Å². The van der Waals surface area contributed by atoms with Crippen LogP contribution in [0, 0.1) is 20.2 Å². The number of nitro groups is 2. The standard InChI is InChI=1S/C26H16F6N4O8S2Se2/c27-25(28,29)15-9-11-23(17(13-15)33-45(41,42)21-7-3-1-5-19(21)35(37)38)47-48-24-12-10-16(26(30,31)32)14-18(24)34-46(43,44)22-8-4-2-6-20(22)36(39)40/h1-14,33-34H. The molecule has 0 radical (unpaired) electrons. The molecule has 4 rings (SSSR count). The van der Waals surface area contributed by atoms with Crippen LogP contribution in [0.15, 0.2) is 94.7 Å². The van der Waals surface area contributed by atoms with Crippen molar-refractivity contribution in [3.63, 3.8) is 0 Å². The Kier molecular flexibility index (Phi) is 10.5. The number of benzene rings is 4. The molecule has 22 heteroatoms. The predicted octanol–water partition coefficient (Wildman–Crippen LogP) is 4.42. The average molecular weight is 848 g/mol. The number of halogens is 6. The SMILES string of the molecule is O=[N+]([O-])c1ccccc1S(=O)(=O)Nc1cc(C(F)(F)F)ccc1[Se][Se]c1ccc(C(F)(F)F)cc1NS(=O)(=O)c1ccccc1[N+](=O)[O-]. The van der Waals surface area contributed by atoms with Crippen molar-refractivity contribution in [1.29, 1.82) is 0 Å². The molecule has 0 atom stereocenters. The van der Waals surface area contributed by atoms with Crippen molar-refractivity contribution in [3.8, 4) is 0 Å². The summed E-state index contributed by atoms with van der Waals surface area (Å²) >= 11 is -2.15. The van der Waals surface area contributed by atoms with Crippen molar-refractivity contribution in [2.45, 2.75) is 22.1 Å². The van der Waals surface area contributed by atoms with Crippen molar-refractivity contribution in [2.24, 2.45) is 0 Å². The Morgan fingerprint density at radius 1 is 0.562 bits per heavy atom. The second-order valence-electron chi connectivity index (χ2n) is 9.24. The van der Waals surface area contributed by atoms with E-state index in [1.807, 2.05) is 9.44 Å². The second-order valence-corrected chi connectivity index (χ2v) is 18.7. The van der Waals surface area contributed by atoms with Gasteiger partial charge < -0.3 is 0 Å². The summed E-state index contributed by atoms with van der Waals surface area (Å²) in [4.78, 5) is 19.1. The molecule has 0 amide bonds. The fourth-order valence-electron chi connectivity index (χ4n) is 3.88. The summed E-state index contributed by atoms with van der Waals surface area (Å²) in [6.07, 6.45) is -9.90. The van der Waals surface area contributed by atoms with Crippen LogP contribution in [0.2, 0.25) is 0 Å². The van der Waals surface area contributed by atoms with Gasteiger partial charge in [0.05, 0.1) is 0 Å². The van der Waals surface area contributed by atoms with Gasteiger partial charge in [0.2, 0.25) is 0 Å². The number of hydrogen-bond donors (Lipinski definition) is 2. The van der Waals surface area contributed by atoms with Crippen LogP contribution in [-0.4, -0.2) is 52.9 Å². The number of rotatable bonds is 11. The van der Waals surface area contributed by atoms with E-state index >= 15 is 0 Å². The molecule has 12 nitrogen and oxygen atoms in total. The molecule has 0 aliphatic carbocycles. The van der Waals surface area contributed by atoms with Gasteiger partial charge in [-0.3, -0.25) is 0 Å². The molecular formula is C26H16F6N4O8S2Se2. The molecule has 0 aromatic heterocycles. The third-order valence-electron chi connectivity index (χ3n) is 6.03. The zero-order valence-corrected chi connectivity index (χ0v) is 28.2. The van der Waals surface area contributed by atoms with Crippen molar-refractivity contribution in [3.05, 3.63) is 116 Å². The Balaban J connectivity index is 1.76. The summed E-state index contributed by atoms with van der Waals surface area (Å²) in [5.74, 6) is 0. The van der Waals surface area contributed by atoms with E-state index in [1.54, 1.807) is 0 Å². The monoisotopic (exact) mass is 850 g/mol. The summed E-state index contributed by atoms with van der Waals surface area (Å²) in [5, 5.41) is 22.8. The minimum absolute atomic E-state index is 0.0648. The number of anilines is 2. The van der Waals surface area contributed by atoms with E-state index in [4.69, 9.17) is 0 Å². The predicted molar refractivity (Wildman–Crippen MR) is 161 cm³/mol. The van der Waals surface area contributed by atoms with Gasteiger partial charge in [-0.25, -0.2) is 0 Å². The minimum atomic E-state index is -4.95. The topological polar surface area (TPSA) is 179 Å². The van der Waals surface area contributed by atoms with Gasteiger partial charge in [-0.2, -0.15) is 0 Å². The second kappa shape index (κ2) is 13.7. The van der Waals surface area contributed by atoms with Crippen LogP contribution in [0.5, 0.6) is 0 Å². The van der Waals surface area contributed by atoms with E-state index in [2.05, 4.69) is 0 Å². The number of nitrogens with zero attached hydrogens (tertiary/aromatic N) is 2. The van der Waals surface area contributed by atoms with E-state index in [0.717, 1.165) is 48.5 Å². The number of hydrogen-bond acceptors (Lipinski definition) is 8. The van der Waals surface area contributed by atoms with Gasteiger partial charge in [0.15, 0.2) is 0 Å². The van der Waals surface area contributed by atoms with Crippen LogP contribution >= 0.6 is 0 Å². The number of para-hydroxylation sites is 2. The van der Waals surface area contributed by atoms with Crippen molar-refractivity contribution in [1.82, 2.24) is 0 Å². The van der Waals surface area contributed by atoms with Gasteiger partial charge >= 0.3 is 279 Å². The van der Waals surface area contributed by atoms with Gasteiger partial charge in [0.25, 0.3) is 0 Å². The normalized spacial score (nSPS) is 12.4. The number of nitro benzene ring substituents is 2. The molecule has 4 aromatic rings. The summed E-state index contributed by atoms with van der Waals surface area (Å²) < 4.78 is 138. The zero-order valence-electron chi connectivity index (χ0n) is 23.1. The molecule has 254 valence electrons. The van der Waals surface area contributed by atoms with Crippen molar-refractivity contribution in [2.75, 3.05) is 9.44 Å². The molecule has 0 spiro atoms. The molecule has 4 aromatic carbocycles. The van der Waals surface area contributed by atoms with E-state index < -0.39 is 112 Å². The van der Waals surface area contributed by atoms with E-state index in [9.17, 15) is 63.4 Å². The molecule has 48 heavy (non-hydrogen) atoms. The van der Waals surface area contributed by atoms with E-state index in [0.29, 0.717) is 24.3 Å². The zero-order chi connectivity index (χ0) is 35.7. The molecule has 0 fully saturated rings. The van der Waals surface area contributed by atoms with Crippen LogP contribution in [0.4, 0.5) is 49.1 Å². The van der Waals surface area contributed by atoms with Crippen LogP contribution in [-0.2, 0) is 32.4 Å². The molecule has 0 aliphatic rings. The van der Waals surface area contributed by atoms with E-state index in [-0.39, 0.29) is 8.92 Å². The first kappa shape index (κ1) is 36.6. The fraction of sp³-hybridized carbons (Fsp3) is 0.0769. The molecule has 0 bridgehead atoms. The third-order valence-corrected chi connectivity index (χ3v) is 16.1. The third kappa shape index (κ3) is 8.44. The first-order valence-electron chi connectivity index (χ1n) is 12.5. The number of sulfonamides is 2. The van der Waals surface area contributed by atoms with Crippen molar-refractivity contribution < 1.29 is 53.0 Å². The van der Waals surface area contributed by atoms with Crippen LogP contribution in [0.1, 0.15) is 11.1 Å². The van der Waals surface area contributed by atoms with E-state index in [1.165, 1.54) is 12.1 Å². The Labute approximate surface area is 277 Å². The van der Waals surface area contributed by atoms with Gasteiger partial charge in [-0.1, -0.05) is 0 Å². The number of alkyl halides is 6. The Bertz CT molecular complexity index is 1980. The summed E-state index contributed by atoms with van der Waals surface area (Å²) in [5.41, 5.74) is -5.57. The molecule has 0 saturated heterocycles. The summed E-state index contributed by atoms with van der Waals surface area (Å²) in [7, 11) is -9.73. The Morgan fingerprint density at radius 3 is 1.21 bits per heavy atom. The average Bonchev–Trinajstić information content (AvgIpc) is 2.99. The molecule has 2 N–H and O–H groups in total. The van der Waals surface area contributed by atoms with Crippen LogP contribution in [0.25, 0.3) is 0 Å². The van der Waals surface area contributed by atoms with Gasteiger partial charge in [0.1, 0.15) is 0 Å². The summed E-state index contributed by atoms with van der Waals surface area (Å²) in [6.45, 7) is 0. The summed E-state index contributed by atoms with van der Waals surface area (Å²) in [6, 6.07) is 12.1. The molecular weight excluding hydrogens is 832 g/mol.